The van der Waals surface area contributed by atoms with E-state index in [4.69, 9.17) is 11.5 Å². The lowest BCUT2D eigenvalue weighted by Gasteiger charge is -2.30. The van der Waals surface area contributed by atoms with E-state index in [1.165, 1.54) is 11.1 Å². The third-order valence-corrected chi connectivity index (χ3v) is 6.86. The summed E-state index contributed by atoms with van der Waals surface area (Å²) < 4.78 is 0. The summed E-state index contributed by atoms with van der Waals surface area (Å²) in [6.07, 6.45) is 5.00. The lowest BCUT2D eigenvalue weighted by molar-refractivity contribution is 0.398. The van der Waals surface area contributed by atoms with Gasteiger partial charge in [-0.2, -0.15) is 0 Å². The van der Waals surface area contributed by atoms with E-state index >= 15 is 0 Å². The summed E-state index contributed by atoms with van der Waals surface area (Å²) in [6.45, 7) is 12.9. The molecule has 3 rings (SSSR count). The number of hydrogen-bond acceptors (Lipinski definition) is 6. The van der Waals surface area contributed by atoms with Crippen molar-refractivity contribution in [3.05, 3.63) is 70.0 Å². The topological polar surface area (TPSA) is 100 Å². The smallest absolute Gasteiger partial charge is 0.0946 e. The highest BCUT2D eigenvalue weighted by atomic mass is 15.1. The third-order valence-electron chi connectivity index (χ3n) is 6.86. The first-order valence-corrected chi connectivity index (χ1v) is 12.3. The first-order chi connectivity index (χ1) is 16.2. The highest BCUT2D eigenvalue weighted by molar-refractivity contribution is 5.89. The number of nitrogens with zero attached hydrogens (tertiary/aromatic N) is 1. The monoisotopic (exact) mass is 462 g/mol. The number of hydrogen-bond donors (Lipinski definition) is 5. The average molecular weight is 463 g/mol. The maximum Gasteiger partial charge on any atom is 0.0946 e. The van der Waals surface area contributed by atoms with Gasteiger partial charge in [0.1, 0.15) is 0 Å². The van der Waals surface area contributed by atoms with E-state index in [9.17, 15) is 0 Å². The van der Waals surface area contributed by atoms with Crippen LogP contribution in [0.2, 0.25) is 0 Å². The van der Waals surface area contributed by atoms with E-state index < -0.39 is 0 Å². The average Bonchev–Trinajstić information content (AvgIpc) is 2.80. The Morgan fingerprint density at radius 2 is 1.94 bits per heavy atom. The van der Waals surface area contributed by atoms with Gasteiger partial charge >= 0.3 is 0 Å². The second kappa shape index (κ2) is 11.4. The van der Waals surface area contributed by atoms with Crippen molar-refractivity contribution in [2.75, 3.05) is 31.2 Å². The van der Waals surface area contributed by atoms with Crippen molar-refractivity contribution in [2.24, 2.45) is 22.6 Å². The van der Waals surface area contributed by atoms with E-state index in [1.807, 2.05) is 18.2 Å². The largest absolute Gasteiger partial charge is 0.398 e. The summed E-state index contributed by atoms with van der Waals surface area (Å²) in [7, 11) is 1.75. The highest BCUT2D eigenvalue weighted by Gasteiger charge is 2.22. The number of rotatable bonds is 9. The van der Waals surface area contributed by atoms with Gasteiger partial charge in [-0.05, 0) is 60.9 Å². The minimum Gasteiger partial charge on any atom is -0.398 e. The molecule has 0 bridgehead atoms. The van der Waals surface area contributed by atoms with Crippen LogP contribution < -0.4 is 27.4 Å². The summed E-state index contributed by atoms with van der Waals surface area (Å²) in [6, 6.07) is 10.2. The molecule has 0 fully saturated rings. The Balaban J connectivity index is 1.82. The summed E-state index contributed by atoms with van der Waals surface area (Å²) in [5.74, 6) is 2.43. The van der Waals surface area contributed by atoms with Crippen LogP contribution in [0.3, 0.4) is 0 Å². The fourth-order valence-corrected chi connectivity index (χ4v) is 4.37. The van der Waals surface area contributed by atoms with Crippen molar-refractivity contribution >= 4 is 17.6 Å². The Morgan fingerprint density at radius 1 is 1.18 bits per heavy atom. The zero-order valence-corrected chi connectivity index (χ0v) is 21.6. The Labute approximate surface area is 205 Å². The number of aliphatic imine (C=N–C) groups is 1. The molecule has 184 valence electrons. The molecule has 3 atom stereocenters. The molecule has 2 aromatic rings. The van der Waals surface area contributed by atoms with Crippen LogP contribution in [-0.4, -0.2) is 32.4 Å². The molecule has 0 spiro atoms. The van der Waals surface area contributed by atoms with Gasteiger partial charge in [0.15, 0.2) is 0 Å². The van der Waals surface area contributed by atoms with E-state index in [0.29, 0.717) is 17.5 Å². The summed E-state index contributed by atoms with van der Waals surface area (Å²) in [5, 5.41) is 10.9. The van der Waals surface area contributed by atoms with Gasteiger partial charge in [0.25, 0.3) is 0 Å². The fraction of sp³-hybridized carbons (Fsp3) is 0.464. The lowest BCUT2D eigenvalue weighted by atomic mass is 9.90. The van der Waals surface area contributed by atoms with Crippen LogP contribution >= 0.6 is 0 Å². The third kappa shape index (κ3) is 6.11. The molecule has 6 heteroatoms. The molecule has 2 aromatic carbocycles. The summed E-state index contributed by atoms with van der Waals surface area (Å²) in [4.78, 5) is 4.20. The van der Waals surface area contributed by atoms with Gasteiger partial charge in [-0.25, -0.2) is 0 Å². The SMILES string of the molecule is CN=Cc1c(N)cccc1C(N)c1cc(C)cc(C)c1NC1CC=C(NCC(C)C(C)C)NC1. The highest BCUT2D eigenvalue weighted by Crippen LogP contribution is 2.34. The second-order valence-electron chi connectivity index (χ2n) is 9.94. The molecule has 0 aliphatic carbocycles. The molecular weight excluding hydrogens is 420 g/mol. The number of nitrogens with one attached hydrogen (secondary N) is 3. The quantitative estimate of drug-likeness (QED) is 0.279. The predicted octanol–water partition coefficient (Wildman–Crippen LogP) is 4.48. The van der Waals surface area contributed by atoms with Crippen LogP contribution in [-0.2, 0) is 0 Å². The van der Waals surface area contributed by atoms with E-state index in [-0.39, 0.29) is 12.1 Å². The van der Waals surface area contributed by atoms with Crippen LogP contribution in [0.5, 0.6) is 0 Å². The van der Waals surface area contributed by atoms with Crippen LogP contribution in [0.1, 0.15) is 61.1 Å². The van der Waals surface area contributed by atoms with E-state index in [0.717, 1.165) is 47.7 Å². The molecule has 7 N–H and O–H groups in total. The summed E-state index contributed by atoms with van der Waals surface area (Å²) >= 11 is 0. The number of benzene rings is 2. The molecule has 3 unspecified atom stereocenters. The number of nitrogen functional groups attached to an aromatic ring is 1. The zero-order chi connectivity index (χ0) is 24.8. The van der Waals surface area contributed by atoms with Crippen molar-refractivity contribution in [2.45, 2.75) is 53.1 Å². The van der Waals surface area contributed by atoms with E-state index in [2.05, 4.69) is 73.8 Å². The zero-order valence-electron chi connectivity index (χ0n) is 21.6. The van der Waals surface area contributed by atoms with Crippen LogP contribution in [0.4, 0.5) is 11.4 Å². The Morgan fingerprint density at radius 3 is 2.59 bits per heavy atom. The molecule has 0 saturated heterocycles. The fourth-order valence-electron chi connectivity index (χ4n) is 4.37. The Hall–Kier alpha value is -2.99. The minimum absolute atomic E-state index is 0.276. The van der Waals surface area contributed by atoms with Crippen LogP contribution in [0.25, 0.3) is 0 Å². The maximum atomic E-state index is 6.88. The molecule has 0 aromatic heterocycles. The molecule has 0 radical (unpaired) electrons. The number of anilines is 2. The molecular formula is C28H42N6. The van der Waals surface area contributed by atoms with Crippen molar-refractivity contribution < 1.29 is 0 Å². The molecule has 1 aliphatic rings. The predicted molar refractivity (Wildman–Crippen MR) is 146 cm³/mol. The first kappa shape index (κ1) is 25.6. The second-order valence-corrected chi connectivity index (χ2v) is 9.94. The maximum absolute atomic E-state index is 6.88. The lowest BCUT2D eigenvalue weighted by Crippen LogP contribution is -2.41. The Kier molecular flexibility index (Phi) is 8.61. The van der Waals surface area contributed by atoms with Gasteiger partial charge < -0.3 is 27.4 Å². The van der Waals surface area contributed by atoms with Gasteiger partial charge in [-0.1, -0.05) is 50.6 Å². The molecule has 0 saturated carbocycles. The Bertz CT molecular complexity index is 1040. The number of nitrogens with two attached hydrogens (primary N) is 2. The van der Waals surface area contributed by atoms with Gasteiger partial charge in [-0.3, -0.25) is 4.99 Å². The van der Waals surface area contributed by atoms with Crippen molar-refractivity contribution in [3.63, 3.8) is 0 Å². The molecule has 1 heterocycles. The molecule has 1 aliphatic heterocycles. The van der Waals surface area contributed by atoms with E-state index in [1.54, 1.807) is 13.3 Å². The van der Waals surface area contributed by atoms with Gasteiger partial charge in [0.2, 0.25) is 0 Å². The normalized spacial score (nSPS) is 17.9. The van der Waals surface area contributed by atoms with Crippen molar-refractivity contribution in [1.82, 2.24) is 10.6 Å². The van der Waals surface area contributed by atoms with Crippen molar-refractivity contribution in [3.8, 4) is 0 Å². The molecule has 6 nitrogen and oxygen atoms in total. The van der Waals surface area contributed by atoms with Gasteiger partial charge in [0, 0.05) is 49.3 Å². The number of aryl methyl sites for hydroxylation is 2. The van der Waals surface area contributed by atoms with Gasteiger partial charge in [0.05, 0.1) is 11.9 Å². The summed E-state index contributed by atoms with van der Waals surface area (Å²) in [5.41, 5.74) is 20.3. The first-order valence-electron chi connectivity index (χ1n) is 12.3. The standard InChI is InChI=1S/C28H42N6/c1-17(2)20(5)14-32-26-11-10-21(15-33-26)34-28-19(4)12-18(3)13-23(28)27(30)22-8-7-9-25(29)24(22)16-31-6/h7-9,11-13,16-17,20-21,27,32-34H,10,14-15,29-30H2,1-6H3. The van der Waals surface area contributed by atoms with Gasteiger partial charge in [-0.15, -0.1) is 0 Å². The minimum atomic E-state index is -0.320. The van der Waals surface area contributed by atoms with Crippen molar-refractivity contribution in [1.29, 1.82) is 0 Å². The van der Waals surface area contributed by atoms with Crippen LogP contribution in [0.15, 0.2) is 47.2 Å². The molecule has 34 heavy (non-hydrogen) atoms. The molecule has 0 amide bonds. The van der Waals surface area contributed by atoms with Crippen LogP contribution in [0, 0.1) is 25.7 Å².